The molecule has 0 amide bonds. The average molecular weight is 287 g/mol. The lowest BCUT2D eigenvalue weighted by atomic mass is 15.8. The third-order valence-electron chi connectivity index (χ3n) is 0. The number of rotatable bonds is 0. The van der Waals surface area contributed by atoms with E-state index >= 15 is 0 Å². The van der Waals surface area contributed by atoms with Gasteiger partial charge in [-0.25, -0.2) is 0 Å². The van der Waals surface area contributed by atoms with Crippen molar-refractivity contribution in [3.8, 4) is 0 Å². The summed E-state index contributed by atoms with van der Waals surface area (Å²) in [6.07, 6.45) is 0. The lowest BCUT2D eigenvalue weighted by molar-refractivity contribution is 0.381. The van der Waals surface area contributed by atoms with Gasteiger partial charge in [0, 0.05) is 0 Å². The van der Waals surface area contributed by atoms with Crippen LogP contribution in [-0.4, -0.2) is 89.9 Å². The Morgan fingerprint density at radius 3 is 0.533 bits per heavy atom. The van der Waals surface area contributed by atoms with Crippen LogP contribution in [0, 0.1) is 0 Å². The standard InChI is InChI=1S/Mg.H2O4S.9H2O.2H/c;1-5(2,3)4;;;;;;;;;;;/h;(H2,1,2,3,4);9*1H2;;. The van der Waals surface area contributed by atoms with Crippen LogP contribution < -0.4 is 0 Å². The van der Waals surface area contributed by atoms with Crippen molar-refractivity contribution in [3.05, 3.63) is 0 Å². The first-order valence-corrected chi connectivity index (χ1v) is 2.10. The first kappa shape index (κ1) is 170. The number of hydrogen-bond acceptors (Lipinski definition) is 2. The van der Waals surface area contributed by atoms with Crippen molar-refractivity contribution >= 4 is 33.5 Å². The molecule has 0 aromatic carbocycles. The van der Waals surface area contributed by atoms with Crippen LogP contribution in [-0.2, 0) is 10.4 Å². The zero-order chi connectivity index (χ0) is 4.50. The van der Waals surface area contributed by atoms with Gasteiger partial charge in [0.1, 0.15) is 0 Å². The second kappa shape index (κ2) is 63.9. The van der Waals surface area contributed by atoms with Gasteiger partial charge in [0.05, 0.1) is 0 Å². The van der Waals surface area contributed by atoms with Gasteiger partial charge in [0.25, 0.3) is 0 Å². The summed E-state index contributed by atoms with van der Waals surface area (Å²) in [6.45, 7) is 0. The Bertz CT molecular complexity index is 93.7. The normalized spacial score (nSPS) is 3.87. The molecule has 0 saturated heterocycles. The second-order valence-corrected chi connectivity index (χ2v) is 1.34. The Morgan fingerprint density at radius 1 is 0.533 bits per heavy atom. The fourth-order valence-corrected chi connectivity index (χ4v) is 0. The monoisotopic (exact) mass is 286 g/mol. The van der Waals surface area contributed by atoms with Crippen LogP contribution in [0.4, 0.5) is 0 Å². The molecule has 0 fully saturated rings. The minimum Gasteiger partial charge on any atom is -0.412 e. The van der Waals surface area contributed by atoms with E-state index < -0.39 is 10.4 Å². The van der Waals surface area contributed by atoms with Gasteiger partial charge < -0.3 is 49.3 Å². The van der Waals surface area contributed by atoms with Gasteiger partial charge >= 0.3 is 33.5 Å². The van der Waals surface area contributed by atoms with Gasteiger partial charge in [-0.3, -0.25) is 9.11 Å². The lowest BCUT2D eigenvalue weighted by Gasteiger charge is -1.68. The molecule has 0 aliphatic rings. The van der Waals surface area contributed by atoms with Crippen LogP contribution in [0.15, 0.2) is 0 Å². The van der Waals surface area contributed by atoms with Crippen molar-refractivity contribution < 1.29 is 66.8 Å². The molecule has 0 atom stereocenters. The van der Waals surface area contributed by atoms with Crippen LogP contribution in [0.1, 0.15) is 0 Å². The van der Waals surface area contributed by atoms with E-state index in [-0.39, 0.29) is 72.3 Å². The van der Waals surface area contributed by atoms with Gasteiger partial charge in [0.2, 0.25) is 0 Å². The summed E-state index contributed by atoms with van der Waals surface area (Å²) in [6, 6.07) is 0. The molecule has 0 rings (SSSR count). The summed E-state index contributed by atoms with van der Waals surface area (Å²) in [5.74, 6) is 0. The topological polar surface area (TPSA) is 358 Å². The van der Waals surface area contributed by atoms with Gasteiger partial charge in [-0.15, -0.1) is 0 Å². The molecule has 0 aromatic heterocycles. The first-order valence-electron chi connectivity index (χ1n) is 0.698. The molecule has 108 valence electrons. The Hall–Kier alpha value is 0.276. The van der Waals surface area contributed by atoms with Crippen molar-refractivity contribution in [2.45, 2.75) is 0 Å². The highest BCUT2D eigenvalue weighted by Crippen LogP contribution is 1.59. The Balaban J connectivity index is -0.00000000178. The Morgan fingerprint density at radius 2 is 0.533 bits per heavy atom. The quantitative estimate of drug-likeness (QED) is 0.323. The van der Waals surface area contributed by atoms with E-state index in [0.29, 0.717) is 0 Å². The summed E-state index contributed by atoms with van der Waals surface area (Å²) in [7, 11) is -4.67. The molecule has 0 aliphatic carbocycles. The van der Waals surface area contributed by atoms with Gasteiger partial charge in [-0.05, 0) is 0 Å². The van der Waals surface area contributed by atoms with Crippen molar-refractivity contribution in [2.75, 3.05) is 0 Å². The lowest BCUT2D eigenvalue weighted by Crippen LogP contribution is -1.89. The van der Waals surface area contributed by atoms with Crippen LogP contribution in [0.5, 0.6) is 0 Å². The summed E-state index contributed by atoms with van der Waals surface area (Å²) < 4.78 is 31.6. The fourth-order valence-electron chi connectivity index (χ4n) is 0. The molecule has 0 aromatic rings. The highest BCUT2D eigenvalue weighted by molar-refractivity contribution is 7.79. The van der Waals surface area contributed by atoms with E-state index in [1.807, 2.05) is 0 Å². The van der Waals surface area contributed by atoms with Crippen LogP contribution in [0.2, 0.25) is 0 Å². The maximum absolute atomic E-state index is 8.74. The Kier molecular flexibility index (Phi) is 725. The zero-order valence-electron chi connectivity index (χ0n) is 6.62. The molecule has 0 spiro atoms. The zero-order valence-corrected chi connectivity index (χ0v) is 7.44. The molecule has 15 heavy (non-hydrogen) atoms. The minimum atomic E-state index is -4.67. The SMILES string of the molecule is O.O.O.O.O.O.O.O.O.O=S(=O)(O)O.[MgH2]. The molecular weight excluding hydrogens is 264 g/mol. The summed E-state index contributed by atoms with van der Waals surface area (Å²) >= 11 is 0. The summed E-state index contributed by atoms with van der Waals surface area (Å²) in [5, 5.41) is 0. The maximum atomic E-state index is 8.74. The molecule has 0 unspecified atom stereocenters. The predicted octanol–water partition coefficient (Wildman–Crippen LogP) is -8.99. The molecule has 0 radical (unpaired) electrons. The van der Waals surface area contributed by atoms with Crippen LogP contribution in [0.3, 0.4) is 0 Å². The fraction of sp³-hybridized carbons (Fsp3) is 0. The van der Waals surface area contributed by atoms with Crippen LogP contribution >= 0.6 is 0 Å². The summed E-state index contributed by atoms with van der Waals surface area (Å²) in [5.41, 5.74) is 0. The van der Waals surface area contributed by atoms with E-state index in [1.54, 1.807) is 0 Å². The van der Waals surface area contributed by atoms with Crippen molar-refractivity contribution in [1.82, 2.24) is 0 Å². The van der Waals surface area contributed by atoms with Crippen molar-refractivity contribution in [2.24, 2.45) is 0 Å². The van der Waals surface area contributed by atoms with E-state index in [1.165, 1.54) is 0 Å². The smallest absolute Gasteiger partial charge is 0.394 e. The average Bonchev–Trinajstić information content (AvgIpc) is 0.722. The minimum absolute atomic E-state index is 0. The third kappa shape index (κ3) is 28200. The molecule has 0 aliphatic heterocycles. The van der Waals surface area contributed by atoms with Crippen molar-refractivity contribution in [1.29, 1.82) is 0 Å². The van der Waals surface area contributed by atoms with Crippen LogP contribution in [0.25, 0.3) is 0 Å². The molecule has 0 saturated carbocycles. The highest BCUT2D eigenvalue weighted by Gasteiger charge is 1.84. The van der Waals surface area contributed by atoms with Crippen molar-refractivity contribution in [3.63, 3.8) is 0 Å². The van der Waals surface area contributed by atoms with Gasteiger partial charge in [0.15, 0.2) is 0 Å². The molecular formula is H22MgO13S. The van der Waals surface area contributed by atoms with Gasteiger partial charge in [-0.2, -0.15) is 8.42 Å². The van der Waals surface area contributed by atoms with Gasteiger partial charge in [-0.1, -0.05) is 0 Å². The summed E-state index contributed by atoms with van der Waals surface area (Å²) in [4.78, 5) is 0. The van der Waals surface area contributed by atoms with E-state index in [0.717, 1.165) is 0 Å². The number of hydrogen-bond donors (Lipinski definition) is 2. The highest BCUT2D eigenvalue weighted by atomic mass is 32.3. The Labute approximate surface area is 101 Å². The molecule has 0 heterocycles. The molecule has 20 N–H and O–H groups in total. The van der Waals surface area contributed by atoms with E-state index in [9.17, 15) is 0 Å². The largest absolute Gasteiger partial charge is 0.412 e. The maximum Gasteiger partial charge on any atom is 0.394 e. The third-order valence-corrected chi connectivity index (χ3v) is 0. The first-order chi connectivity index (χ1) is 2.00. The second-order valence-electron chi connectivity index (χ2n) is 0.448. The van der Waals surface area contributed by atoms with E-state index in [2.05, 4.69) is 0 Å². The van der Waals surface area contributed by atoms with E-state index in [4.69, 9.17) is 17.5 Å². The molecule has 13 nitrogen and oxygen atoms in total. The molecule has 15 heteroatoms. The molecule has 0 bridgehead atoms. The predicted molar refractivity (Wildman–Crippen MR) is 55.2 cm³/mol.